The van der Waals surface area contributed by atoms with Crippen molar-refractivity contribution in [2.24, 2.45) is 5.92 Å². The molecule has 6 heteroatoms. The Balaban J connectivity index is 1.81. The molecule has 120 valence electrons. The molecule has 0 bridgehead atoms. The molecular formula is C17H19N3O3. The number of nitrogens with zero attached hydrogens (tertiary/aromatic N) is 2. The van der Waals surface area contributed by atoms with Crippen molar-refractivity contribution in [3.63, 3.8) is 0 Å². The molecule has 2 aromatic rings. The number of nitrogens with one attached hydrogen (secondary N) is 1. The van der Waals surface area contributed by atoms with Crippen molar-refractivity contribution in [1.29, 1.82) is 0 Å². The van der Waals surface area contributed by atoms with Crippen LogP contribution in [0.3, 0.4) is 0 Å². The summed E-state index contributed by atoms with van der Waals surface area (Å²) in [4.78, 5) is 25.6. The second-order valence-corrected chi connectivity index (χ2v) is 5.86. The van der Waals surface area contributed by atoms with E-state index in [2.05, 4.69) is 10.2 Å². The lowest BCUT2D eigenvalue weighted by molar-refractivity contribution is -0.144. The van der Waals surface area contributed by atoms with Gasteiger partial charge in [0.15, 0.2) is 0 Å². The Morgan fingerprint density at radius 1 is 1.30 bits per heavy atom. The molecule has 2 heterocycles. The minimum atomic E-state index is -0.843. The van der Waals surface area contributed by atoms with E-state index in [1.165, 1.54) is 0 Å². The van der Waals surface area contributed by atoms with Crippen molar-refractivity contribution >= 4 is 11.9 Å². The predicted octanol–water partition coefficient (Wildman–Crippen LogP) is 2.40. The van der Waals surface area contributed by atoms with Crippen LogP contribution in [0, 0.1) is 5.92 Å². The number of H-pyrrole nitrogens is 1. The molecule has 1 fully saturated rings. The van der Waals surface area contributed by atoms with Crippen molar-refractivity contribution in [2.45, 2.75) is 25.8 Å². The van der Waals surface area contributed by atoms with E-state index >= 15 is 0 Å². The normalized spacial score (nSPS) is 21.2. The summed E-state index contributed by atoms with van der Waals surface area (Å²) in [5.74, 6) is -1.55. The van der Waals surface area contributed by atoms with E-state index < -0.39 is 11.9 Å². The lowest BCUT2D eigenvalue weighted by Crippen LogP contribution is -2.49. The summed E-state index contributed by atoms with van der Waals surface area (Å²) in [6.45, 7) is 2.37. The molecule has 1 aromatic heterocycles. The van der Waals surface area contributed by atoms with Gasteiger partial charge in [-0.3, -0.25) is 14.7 Å². The quantitative estimate of drug-likeness (QED) is 0.911. The summed E-state index contributed by atoms with van der Waals surface area (Å²) >= 11 is 0. The van der Waals surface area contributed by atoms with Crippen LogP contribution in [0.2, 0.25) is 0 Å². The average molecular weight is 313 g/mol. The number of aromatic nitrogens is 2. The number of aliphatic carboxylic acids is 1. The minimum absolute atomic E-state index is 0.196. The molecule has 1 saturated heterocycles. The van der Waals surface area contributed by atoms with Gasteiger partial charge in [0, 0.05) is 18.2 Å². The summed E-state index contributed by atoms with van der Waals surface area (Å²) in [5.41, 5.74) is 2.02. The molecule has 0 unspecified atom stereocenters. The predicted molar refractivity (Wildman–Crippen MR) is 84.9 cm³/mol. The largest absolute Gasteiger partial charge is 0.481 e. The fourth-order valence-electron chi connectivity index (χ4n) is 3.10. The molecule has 1 aliphatic rings. The van der Waals surface area contributed by atoms with E-state index in [1.54, 1.807) is 17.9 Å². The van der Waals surface area contributed by atoms with Crippen LogP contribution in [-0.4, -0.2) is 44.7 Å². The van der Waals surface area contributed by atoms with Gasteiger partial charge in [-0.2, -0.15) is 5.10 Å². The van der Waals surface area contributed by atoms with Gasteiger partial charge in [-0.15, -0.1) is 0 Å². The number of aromatic amines is 1. The second kappa shape index (κ2) is 6.24. The highest BCUT2D eigenvalue weighted by Gasteiger charge is 2.36. The Bertz CT molecular complexity index is 711. The van der Waals surface area contributed by atoms with E-state index in [4.69, 9.17) is 0 Å². The van der Waals surface area contributed by atoms with Gasteiger partial charge >= 0.3 is 5.97 Å². The summed E-state index contributed by atoms with van der Waals surface area (Å²) in [5, 5.41) is 16.2. The van der Waals surface area contributed by atoms with E-state index in [9.17, 15) is 14.7 Å². The number of carbonyl (C=O) groups is 2. The number of likely N-dealkylation sites (tertiary alicyclic amines) is 1. The van der Waals surface area contributed by atoms with Gasteiger partial charge in [0.2, 0.25) is 0 Å². The zero-order valence-electron chi connectivity index (χ0n) is 12.9. The molecule has 1 aliphatic heterocycles. The van der Waals surface area contributed by atoms with Gasteiger partial charge in [0.25, 0.3) is 5.91 Å². The summed E-state index contributed by atoms with van der Waals surface area (Å²) in [6.07, 6.45) is 1.31. The molecule has 1 amide bonds. The molecule has 0 spiro atoms. The van der Waals surface area contributed by atoms with Crippen molar-refractivity contribution in [2.75, 3.05) is 6.54 Å². The fraction of sp³-hybridized carbons (Fsp3) is 0.353. The number of carbonyl (C=O) groups excluding carboxylic acids is 1. The highest BCUT2D eigenvalue weighted by molar-refractivity contribution is 5.94. The molecule has 0 saturated carbocycles. The third-order valence-corrected chi connectivity index (χ3v) is 4.44. The smallest absolute Gasteiger partial charge is 0.308 e. The Morgan fingerprint density at radius 3 is 2.74 bits per heavy atom. The average Bonchev–Trinajstić information content (AvgIpc) is 3.05. The number of piperidine rings is 1. The minimum Gasteiger partial charge on any atom is -0.481 e. The Kier molecular flexibility index (Phi) is 4.14. The number of amides is 1. The van der Waals surface area contributed by atoms with E-state index in [0.29, 0.717) is 30.8 Å². The summed E-state index contributed by atoms with van der Waals surface area (Å²) < 4.78 is 0. The van der Waals surface area contributed by atoms with Gasteiger partial charge in [0.1, 0.15) is 5.69 Å². The standard InChI is InChI=1S/C17H19N3O3/c1-11-13(17(22)23)8-5-9-20(11)16(21)15-10-14(18-19-15)12-6-3-2-4-7-12/h2-4,6-7,10-11,13H,5,8-9H2,1H3,(H,18,19)(H,22,23)/t11-,13-/m1/s1. The molecular weight excluding hydrogens is 294 g/mol. The molecule has 2 N–H and O–H groups in total. The lowest BCUT2D eigenvalue weighted by atomic mass is 9.90. The second-order valence-electron chi connectivity index (χ2n) is 5.86. The molecule has 0 aliphatic carbocycles. The Hall–Kier alpha value is -2.63. The maximum atomic E-state index is 12.7. The van der Waals surface area contributed by atoms with Crippen molar-refractivity contribution in [3.8, 4) is 11.3 Å². The topological polar surface area (TPSA) is 86.3 Å². The molecule has 2 atom stereocenters. The highest BCUT2D eigenvalue weighted by atomic mass is 16.4. The summed E-state index contributed by atoms with van der Waals surface area (Å²) in [7, 11) is 0. The first-order valence-electron chi connectivity index (χ1n) is 7.72. The van der Waals surface area contributed by atoms with Gasteiger partial charge in [-0.25, -0.2) is 0 Å². The van der Waals surface area contributed by atoms with Crippen LogP contribution >= 0.6 is 0 Å². The van der Waals surface area contributed by atoms with Crippen LogP contribution in [0.5, 0.6) is 0 Å². The van der Waals surface area contributed by atoms with Crippen LogP contribution < -0.4 is 0 Å². The molecule has 6 nitrogen and oxygen atoms in total. The molecule has 1 aromatic carbocycles. The molecule has 3 rings (SSSR count). The van der Waals surface area contributed by atoms with E-state index in [1.807, 2.05) is 30.3 Å². The zero-order valence-corrected chi connectivity index (χ0v) is 12.9. The Labute approximate surface area is 134 Å². The first-order chi connectivity index (χ1) is 11.1. The fourth-order valence-corrected chi connectivity index (χ4v) is 3.10. The number of carboxylic acids is 1. The van der Waals surface area contributed by atoms with Gasteiger partial charge < -0.3 is 10.0 Å². The molecule has 23 heavy (non-hydrogen) atoms. The number of hydrogen-bond donors (Lipinski definition) is 2. The van der Waals surface area contributed by atoms with E-state index in [0.717, 1.165) is 5.56 Å². The SMILES string of the molecule is C[C@@H]1[C@H](C(=O)O)CCCN1C(=O)c1cc(-c2ccccc2)n[nH]1. The maximum absolute atomic E-state index is 12.7. The number of carboxylic acid groups (broad SMARTS) is 1. The van der Waals surface area contributed by atoms with Crippen molar-refractivity contribution in [1.82, 2.24) is 15.1 Å². The van der Waals surface area contributed by atoms with Crippen LogP contribution in [0.4, 0.5) is 0 Å². The van der Waals surface area contributed by atoms with Gasteiger partial charge in [0.05, 0.1) is 11.6 Å². The number of hydrogen-bond acceptors (Lipinski definition) is 3. The zero-order chi connectivity index (χ0) is 16.4. The number of benzene rings is 1. The van der Waals surface area contributed by atoms with Crippen LogP contribution in [0.15, 0.2) is 36.4 Å². The maximum Gasteiger partial charge on any atom is 0.308 e. The first-order valence-corrected chi connectivity index (χ1v) is 7.72. The van der Waals surface area contributed by atoms with Crippen molar-refractivity contribution < 1.29 is 14.7 Å². The highest BCUT2D eigenvalue weighted by Crippen LogP contribution is 2.26. The molecule has 0 radical (unpaired) electrons. The van der Waals surface area contributed by atoms with Crippen LogP contribution in [0.1, 0.15) is 30.3 Å². The third kappa shape index (κ3) is 2.97. The lowest BCUT2D eigenvalue weighted by Gasteiger charge is -2.37. The van der Waals surface area contributed by atoms with Crippen LogP contribution in [0.25, 0.3) is 11.3 Å². The number of rotatable bonds is 3. The van der Waals surface area contributed by atoms with Crippen molar-refractivity contribution in [3.05, 3.63) is 42.1 Å². The first kappa shape index (κ1) is 15.3. The van der Waals surface area contributed by atoms with E-state index in [-0.39, 0.29) is 11.9 Å². The Morgan fingerprint density at radius 2 is 2.04 bits per heavy atom. The summed E-state index contributed by atoms with van der Waals surface area (Å²) in [6, 6.07) is 11.0. The monoisotopic (exact) mass is 313 g/mol. The van der Waals surface area contributed by atoms with Gasteiger partial charge in [-0.05, 0) is 25.8 Å². The van der Waals surface area contributed by atoms with Crippen LogP contribution in [-0.2, 0) is 4.79 Å². The third-order valence-electron chi connectivity index (χ3n) is 4.44. The van der Waals surface area contributed by atoms with Gasteiger partial charge in [-0.1, -0.05) is 30.3 Å².